The molecule has 98 valence electrons. The van der Waals surface area contributed by atoms with Crippen LogP contribution in [0.25, 0.3) is 0 Å². The highest BCUT2D eigenvalue weighted by atomic mass is 19.1. The van der Waals surface area contributed by atoms with E-state index in [2.05, 4.69) is 11.4 Å². The van der Waals surface area contributed by atoms with Gasteiger partial charge in [-0.25, -0.2) is 4.39 Å². The summed E-state index contributed by atoms with van der Waals surface area (Å²) in [7, 11) is 1.62. The second-order valence-electron chi connectivity index (χ2n) is 5.22. The number of hydrogen-bond donors (Lipinski definition) is 1. The molecule has 0 aliphatic carbocycles. The van der Waals surface area contributed by atoms with Gasteiger partial charge in [-0.3, -0.25) is 0 Å². The fourth-order valence-electron chi connectivity index (χ4n) is 1.89. The molecule has 4 heteroatoms. The van der Waals surface area contributed by atoms with Crippen LogP contribution in [0.4, 0.5) is 10.1 Å². The van der Waals surface area contributed by atoms with Gasteiger partial charge in [-0.15, -0.1) is 0 Å². The zero-order valence-corrected chi connectivity index (χ0v) is 11.2. The van der Waals surface area contributed by atoms with Crippen LogP contribution in [0.2, 0.25) is 0 Å². The molecular formula is C14H19FN2O. The quantitative estimate of drug-likeness (QED) is 0.871. The summed E-state index contributed by atoms with van der Waals surface area (Å²) in [5.41, 5.74) is -0.457. The summed E-state index contributed by atoms with van der Waals surface area (Å²) >= 11 is 0. The predicted octanol–water partition coefficient (Wildman–Crippen LogP) is 3.33. The van der Waals surface area contributed by atoms with Gasteiger partial charge < -0.3 is 10.1 Å². The number of nitrogens with one attached hydrogen (secondary N) is 1. The van der Waals surface area contributed by atoms with Gasteiger partial charge >= 0.3 is 0 Å². The van der Waals surface area contributed by atoms with Crippen LogP contribution in [0.3, 0.4) is 0 Å². The topological polar surface area (TPSA) is 45.0 Å². The van der Waals surface area contributed by atoms with Crippen molar-refractivity contribution in [3.63, 3.8) is 0 Å². The maximum absolute atomic E-state index is 12.8. The average molecular weight is 250 g/mol. The molecule has 0 bridgehead atoms. The summed E-state index contributed by atoms with van der Waals surface area (Å²) in [5, 5.41) is 12.4. The summed E-state index contributed by atoms with van der Waals surface area (Å²) in [5.74, 6) is -0.295. The molecule has 0 aromatic heterocycles. The lowest BCUT2D eigenvalue weighted by atomic mass is 9.88. The van der Waals surface area contributed by atoms with Crippen molar-refractivity contribution >= 4 is 5.69 Å². The van der Waals surface area contributed by atoms with Crippen LogP contribution in [0.1, 0.15) is 27.2 Å². The summed E-state index contributed by atoms with van der Waals surface area (Å²) in [4.78, 5) is 0. The van der Waals surface area contributed by atoms with Gasteiger partial charge in [0.25, 0.3) is 0 Å². The van der Waals surface area contributed by atoms with E-state index in [9.17, 15) is 9.65 Å². The first-order valence-electron chi connectivity index (χ1n) is 5.80. The highest BCUT2D eigenvalue weighted by Gasteiger charge is 2.32. The fraction of sp³-hybridized carbons (Fsp3) is 0.500. The minimum absolute atomic E-state index is 0.295. The Morgan fingerprint density at radius 3 is 2.28 bits per heavy atom. The van der Waals surface area contributed by atoms with Crippen molar-refractivity contribution in [1.82, 2.24) is 0 Å². The highest BCUT2D eigenvalue weighted by Crippen LogP contribution is 2.26. The van der Waals surface area contributed by atoms with Crippen molar-refractivity contribution in [2.45, 2.75) is 38.3 Å². The molecule has 1 unspecified atom stereocenters. The Kier molecular flexibility index (Phi) is 4.31. The minimum Gasteiger partial charge on any atom is -0.379 e. The maximum Gasteiger partial charge on any atom is 0.125 e. The summed E-state index contributed by atoms with van der Waals surface area (Å²) in [6.07, 6.45) is 0.518. The molecule has 1 aromatic carbocycles. The van der Waals surface area contributed by atoms with Gasteiger partial charge in [-0.05, 0) is 45.0 Å². The smallest absolute Gasteiger partial charge is 0.125 e. The Labute approximate surface area is 108 Å². The number of hydrogen-bond acceptors (Lipinski definition) is 3. The molecule has 0 saturated carbocycles. The molecule has 0 radical (unpaired) electrons. The zero-order chi connectivity index (χ0) is 13.8. The molecule has 1 rings (SSSR count). The standard InChI is InChI=1S/C14H19FN2O/c1-13(2,18-4)9-14(3,10-16)17-12-7-5-11(15)6-8-12/h5-8,17H,9H2,1-4H3. The summed E-state index contributed by atoms with van der Waals surface area (Å²) in [6.45, 7) is 5.65. The number of nitriles is 1. The molecule has 0 fully saturated rings. The Balaban J connectivity index is 2.83. The molecule has 0 aliphatic rings. The second kappa shape index (κ2) is 5.36. The van der Waals surface area contributed by atoms with E-state index in [4.69, 9.17) is 4.74 Å². The van der Waals surface area contributed by atoms with E-state index in [1.807, 2.05) is 13.8 Å². The van der Waals surface area contributed by atoms with Gasteiger partial charge in [-0.2, -0.15) is 5.26 Å². The third-order valence-corrected chi connectivity index (χ3v) is 2.84. The SMILES string of the molecule is COC(C)(C)CC(C)(C#N)Nc1ccc(F)cc1. The minimum atomic E-state index is -0.767. The van der Waals surface area contributed by atoms with Crippen molar-refractivity contribution in [1.29, 1.82) is 5.26 Å². The van der Waals surface area contributed by atoms with Gasteiger partial charge in [-0.1, -0.05) is 0 Å². The first-order chi connectivity index (χ1) is 8.30. The van der Waals surface area contributed by atoms with Crippen LogP contribution in [-0.4, -0.2) is 18.2 Å². The van der Waals surface area contributed by atoms with Gasteiger partial charge in [0.2, 0.25) is 0 Å². The zero-order valence-electron chi connectivity index (χ0n) is 11.2. The average Bonchev–Trinajstić information content (AvgIpc) is 2.32. The first-order valence-corrected chi connectivity index (χ1v) is 5.80. The van der Waals surface area contributed by atoms with E-state index in [0.29, 0.717) is 12.1 Å². The summed E-state index contributed by atoms with van der Waals surface area (Å²) in [6, 6.07) is 8.20. The number of anilines is 1. The van der Waals surface area contributed by atoms with Crippen LogP contribution < -0.4 is 5.32 Å². The monoisotopic (exact) mass is 250 g/mol. The molecule has 0 spiro atoms. The molecule has 18 heavy (non-hydrogen) atoms. The molecule has 0 saturated heterocycles. The molecule has 0 aliphatic heterocycles. The lowest BCUT2D eigenvalue weighted by Crippen LogP contribution is -2.41. The predicted molar refractivity (Wildman–Crippen MR) is 69.7 cm³/mol. The number of rotatable bonds is 5. The molecular weight excluding hydrogens is 231 g/mol. The van der Waals surface area contributed by atoms with Crippen LogP contribution in [0.15, 0.2) is 24.3 Å². The highest BCUT2D eigenvalue weighted by molar-refractivity contribution is 5.47. The number of ether oxygens (including phenoxy) is 1. The lowest BCUT2D eigenvalue weighted by Gasteiger charge is -2.33. The van der Waals surface area contributed by atoms with E-state index in [0.717, 1.165) is 0 Å². The number of benzene rings is 1. The fourth-order valence-corrected chi connectivity index (χ4v) is 1.89. The van der Waals surface area contributed by atoms with Crippen molar-refractivity contribution in [2.24, 2.45) is 0 Å². The van der Waals surface area contributed by atoms with Crippen LogP contribution in [-0.2, 0) is 4.74 Å². The summed E-state index contributed by atoms with van der Waals surface area (Å²) < 4.78 is 18.2. The van der Waals surface area contributed by atoms with Gasteiger partial charge in [0.15, 0.2) is 0 Å². The lowest BCUT2D eigenvalue weighted by molar-refractivity contribution is 0.00725. The third-order valence-electron chi connectivity index (χ3n) is 2.84. The van der Waals surface area contributed by atoms with E-state index in [-0.39, 0.29) is 5.82 Å². The number of methoxy groups -OCH3 is 1. The number of nitrogens with zero attached hydrogens (tertiary/aromatic N) is 1. The molecule has 0 heterocycles. The Bertz CT molecular complexity index is 436. The van der Waals surface area contributed by atoms with E-state index in [1.54, 1.807) is 26.2 Å². The van der Waals surface area contributed by atoms with Crippen LogP contribution in [0, 0.1) is 17.1 Å². The number of halogens is 1. The third kappa shape index (κ3) is 4.01. The van der Waals surface area contributed by atoms with Crippen molar-refractivity contribution in [3.05, 3.63) is 30.1 Å². The van der Waals surface area contributed by atoms with E-state index >= 15 is 0 Å². The van der Waals surface area contributed by atoms with Crippen molar-refractivity contribution in [2.75, 3.05) is 12.4 Å². The Morgan fingerprint density at radius 1 is 1.28 bits per heavy atom. The molecule has 1 atom stereocenters. The van der Waals surface area contributed by atoms with Gasteiger partial charge in [0.1, 0.15) is 11.4 Å². The van der Waals surface area contributed by atoms with Gasteiger partial charge in [0, 0.05) is 19.2 Å². The van der Waals surface area contributed by atoms with Gasteiger partial charge in [0.05, 0.1) is 11.7 Å². The second-order valence-corrected chi connectivity index (χ2v) is 5.22. The Hall–Kier alpha value is -1.60. The molecule has 1 aromatic rings. The molecule has 0 amide bonds. The van der Waals surface area contributed by atoms with E-state index < -0.39 is 11.1 Å². The first kappa shape index (κ1) is 14.5. The van der Waals surface area contributed by atoms with Crippen LogP contribution >= 0.6 is 0 Å². The maximum atomic E-state index is 12.8. The van der Waals surface area contributed by atoms with Crippen molar-refractivity contribution in [3.8, 4) is 6.07 Å². The van der Waals surface area contributed by atoms with E-state index in [1.165, 1.54) is 12.1 Å². The normalized spacial score (nSPS) is 14.7. The Morgan fingerprint density at radius 2 is 1.83 bits per heavy atom. The van der Waals surface area contributed by atoms with Crippen LogP contribution in [0.5, 0.6) is 0 Å². The van der Waals surface area contributed by atoms with Crippen molar-refractivity contribution < 1.29 is 9.13 Å². The molecule has 1 N–H and O–H groups in total. The molecule has 3 nitrogen and oxygen atoms in total. The largest absolute Gasteiger partial charge is 0.379 e.